The fraction of sp³-hybridized carbons (Fsp3) is 0.0714. The molecule has 0 aliphatic carbocycles. The predicted octanol–water partition coefficient (Wildman–Crippen LogP) is 4.68. The van der Waals surface area contributed by atoms with Crippen molar-refractivity contribution in [3.05, 3.63) is 63.1 Å². The fourth-order valence-corrected chi connectivity index (χ4v) is 3.55. The summed E-state index contributed by atoms with van der Waals surface area (Å²) in [7, 11) is 0. The first kappa shape index (κ1) is 14.4. The van der Waals surface area contributed by atoms with E-state index in [1.165, 1.54) is 0 Å². The summed E-state index contributed by atoms with van der Waals surface area (Å²) in [6.45, 7) is 0. The van der Waals surface area contributed by atoms with Crippen molar-refractivity contribution >= 4 is 45.1 Å². The summed E-state index contributed by atoms with van der Waals surface area (Å²) in [5.74, 6) is 0.875. The van der Waals surface area contributed by atoms with E-state index in [2.05, 4.69) is 15.9 Å². The highest BCUT2D eigenvalue weighted by atomic mass is 79.9. The van der Waals surface area contributed by atoms with Gasteiger partial charge in [0.05, 0.1) is 0 Å². The van der Waals surface area contributed by atoms with Crippen LogP contribution in [-0.2, 0) is 5.75 Å². The van der Waals surface area contributed by atoms with Gasteiger partial charge in [-0.3, -0.25) is 5.41 Å². The number of nitrogen functional groups attached to an aromatic ring is 1. The third-order valence-corrected chi connectivity index (χ3v) is 4.65. The van der Waals surface area contributed by atoms with Gasteiger partial charge in [-0.1, -0.05) is 29.8 Å². The summed E-state index contributed by atoms with van der Waals surface area (Å²) in [6.07, 6.45) is 0. The van der Waals surface area contributed by atoms with Gasteiger partial charge in [-0.2, -0.15) is 0 Å². The molecule has 0 bridgehead atoms. The first-order valence-corrected chi connectivity index (χ1v) is 7.73. The number of thioether (sulfide) groups is 1. The molecule has 0 radical (unpaired) electrons. The number of hydrogen-bond donors (Lipinski definition) is 2. The molecule has 0 saturated heterocycles. The average molecular weight is 356 g/mol. The normalized spacial score (nSPS) is 10.4. The zero-order valence-corrected chi connectivity index (χ0v) is 13.1. The third kappa shape index (κ3) is 3.75. The summed E-state index contributed by atoms with van der Waals surface area (Å²) < 4.78 is 0.837. The molecule has 5 heteroatoms. The third-order valence-electron chi connectivity index (χ3n) is 2.58. The summed E-state index contributed by atoms with van der Waals surface area (Å²) in [4.78, 5) is 1.11. The second-order valence-corrected chi connectivity index (χ2v) is 6.25. The van der Waals surface area contributed by atoms with E-state index in [-0.39, 0.29) is 5.84 Å². The van der Waals surface area contributed by atoms with Crippen LogP contribution in [-0.4, -0.2) is 5.84 Å². The Morgan fingerprint density at radius 1 is 1.26 bits per heavy atom. The topological polar surface area (TPSA) is 49.9 Å². The number of benzene rings is 2. The number of nitrogens with one attached hydrogen (secondary N) is 1. The number of halogens is 2. The van der Waals surface area contributed by atoms with Gasteiger partial charge in [-0.25, -0.2) is 0 Å². The first-order valence-electron chi connectivity index (χ1n) is 5.58. The number of rotatable bonds is 4. The molecule has 0 aliphatic rings. The summed E-state index contributed by atoms with van der Waals surface area (Å²) in [5, 5.41) is 8.22. The van der Waals surface area contributed by atoms with E-state index in [4.69, 9.17) is 22.7 Å². The Hall–Kier alpha value is -0.970. The van der Waals surface area contributed by atoms with Gasteiger partial charge in [-0.05, 0) is 45.8 Å². The van der Waals surface area contributed by atoms with Crippen molar-refractivity contribution in [2.75, 3.05) is 0 Å². The molecule has 98 valence electrons. The van der Waals surface area contributed by atoms with Crippen LogP contribution in [0.5, 0.6) is 0 Å². The van der Waals surface area contributed by atoms with Crippen molar-refractivity contribution in [1.82, 2.24) is 0 Å². The smallest absolute Gasteiger partial charge is 0.123 e. The maximum absolute atomic E-state index is 7.43. The lowest BCUT2D eigenvalue weighted by molar-refractivity contribution is 1.34. The van der Waals surface area contributed by atoms with Crippen molar-refractivity contribution in [2.24, 2.45) is 5.73 Å². The molecule has 0 amide bonds. The minimum atomic E-state index is 0.0644. The standard InChI is InChI=1S/C14H12BrClN2S/c15-12-7-10(5-6-11(12)14(17)18)19-8-9-3-1-2-4-13(9)16/h1-7H,8H2,(H3,17,18). The number of hydrogen-bond acceptors (Lipinski definition) is 2. The molecule has 0 aliphatic heterocycles. The summed E-state index contributed by atoms with van der Waals surface area (Å²) >= 11 is 11.2. The van der Waals surface area contributed by atoms with E-state index in [0.717, 1.165) is 25.7 Å². The SMILES string of the molecule is N=C(N)c1ccc(SCc2ccccc2Cl)cc1Br. The molecule has 0 heterocycles. The van der Waals surface area contributed by atoms with Crippen LogP contribution < -0.4 is 5.73 Å². The van der Waals surface area contributed by atoms with Gasteiger partial charge in [0.25, 0.3) is 0 Å². The minimum absolute atomic E-state index is 0.0644. The average Bonchev–Trinajstić information content (AvgIpc) is 2.37. The highest BCUT2D eigenvalue weighted by molar-refractivity contribution is 9.10. The molecule has 2 aromatic carbocycles. The lowest BCUT2D eigenvalue weighted by atomic mass is 10.2. The van der Waals surface area contributed by atoms with Crippen LogP contribution in [0.25, 0.3) is 0 Å². The molecule has 19 heavy (non-hydrogen) atoms. The van der Waals surface area contributed by atoms with Crippen molar-refractivity contribution in [1.29, 1.82) is 5.41 Å². The van der Waals surface area contributed by atoms with Crippen LogP contribution >= 0.6 is 39.3 Å². The van der Waals surface area contributed by atoms with E-state index in [9.17, 15) is 0 Å². The maximum atomic E-state index is 7.43. The molecule has 2 aromatic rings. The molecule has 0 unspecified atom stereocenters. The number of amidine groups is 1. The quantitative estimate of drug-likeness (QED) is 0.475. The molecule has 0 saturated carbocycles. The fourth-order valence-electron chi connectivity index (χ4n) is 1.58. The van der Waals surface area contributed by atoms with Crippen LogP contribution in [0.3, 0.4) is 0 Å². The zero-order chi connectivity index (χ0) is 13.8. The molecule has 2 rings (SSSR count). The molecular weight excluding hydrogens is 344 g/mol. The monoisotopic (exact) mass is 354 g/mol. The lowest BCUT2D eigenvalue weighted by Crippen LogP contribution is -2.11. The summed E-state index contributed by atoms with van der Waals surface area (Å²) in [5.41, 5.74) is 7.30. The first-order chi connectivity index (χ1) is 9.08. The van der Waals surface area contributed by atoms with Gasteiger partial charge >= 0.3 is 0 Å². The van der Waals surface area contributed by atoms with E-state index in [1.807, 2.05) is 42.5 Å². The second-order valence-electron chi connectivity index (χ2n) is 3.94. The molecule has 0 fully saturated rings. The van der Waals surface area contributed by atoms with Gasteiger partial charge < -0.3 is 5.73 Å². The van der Waals surface area contributed by atoms with Gasteiger partial charge in [0.2, 0.25) is 0 Å². The lowest BCUT2D eigenvalue weighted by Gasteiger charge is -2.07. The molecule has 0 aromatic heterocycles. The van der Waals surface area contributed by atoms with Crippen LogP contribution in [0, 0.1) is 5.41 Å². The van der Waals surface area contributed by atoms with E-state index in [0.29, 0.717) is 5.56 Å². The highest BCUT2D eigenvalue weighted by Gasteiger charge is 2.05. The van der Waals surface area contributed by atoms with Crippen LogP contribution in [0.4, 0.5) is 0 Å². The Labute approximate surface area is 130 Å². The Kier molecular flexibility index (Phi) is 4.91. The van der Waals surface area contributed by atoms with Gasteiger partial charge in [-0.15, -0.1) is 11.8 Å². The largest absolute Gasteiger partial charge is 0.384 e. The maximum Gasteiger partial charge on any atom is 0.123 e. The second kappa shape index (κ2) is 6.46. The van der Waals surface area contributed by atoms with Crippen molar-refractivity contribution < 1.29 is 0 Å². The number of nitrogens with two attached hydrogens (primary N) is 1. The summed E-state index contributed by atoms with van der Waals surface area (Å²) in [6, 6.07) is 13.6. The zero-order valence-electron chi connectivity index (χ0n) is 9.99. The van der Waals surface area contributed by atoms with E-state index in [1.54, 1.807) is 11.8 Å². The predicted molar refractivity (Wildman–Crippen MR) is 86.2 cm³/mol. The van der Waals surface area contributed by atoms with E-state index >= 15 is 0 Å². The molecule has 2 nitrogen and oxygen atoms in total. The Balaban J connectivity index is 2.11. The van der Waals surface area contributed by atoms with Crippen LogP contribution in [0.15, 0.2) is 51.8 Å². The minimum Gasteiger partial charge on any atom is -0.384 e. The Morgan fingerprint density at radius 3 is 2.63 bits per heavy atom. The molecule has 0 atom stereocenters. The molecule has 3 N–H and O–H groups in total. The van der Waals surface area contributed by atoms with Crippen molar-refractivity contribution in [2.45, 2.75) is 10.6 Å². The van der Waals surface area contributed by atoms with Gasteiger partial charge in [0.1, 0.15) is 5.84 Å². The van der Waals surface area contributed by atoms with Crippen molar-refractivity contribution in [3.63, 3.8) is 0 Å². The van der Waals surface area contributed by atoms with Crippen LogP contribution in [0.2, 0.25) is 5.02 Å². The van der Waals surface area contributed by atoms with Crippen LogP contribution in [0.1, 0.15) is 11.1 Å². The van der Waals surface area contributed by atoms with Gasteiger partial charge in [0, 0.05) is 25.7 Å². The Bertz CT molecular complexity index is 616. The van der Waals surface area contributed by atoms with Crippen molar-refractivity contribution in [3.8, 4) is 0 Å². The molecular formula is C14H12BrClN2S. The van der Waals surface area contributed by atoms with E-state index < -0.39 is 0 Å². The molecule has 0 spiro atoms. The van der Waals surface area contributed by atoms with Gasteiger partial charge in [0.15, 0.2) is 0 Å². The highest BCUT2D eigenvalue weighted by Crippen LogP contribution is 2.29. The Morgan fingerprint density at radius 2 is 2.00 bits per heavy atom.